The van der Waals surface area contributed by atoms with Crippen LogP contribution in [-0.2, 0) is 71.0 Å². The molecule has 0 saturated carbocycles. The molecule has 6 aliphatic rings. The van der Waals surface area contributed by atoms with Gasteiger partial charge in [-0.1, -0.05) is 142 Å². The Labute approximate surface area is 645 Å². The van der Waals surface area contributed by atoms with Gasteiger partial charge in [-0.2, -0.15) is 0 Å². The van der Waals surface area contributed by atoms with Gasteiger partial charge < -0.3 is 82.5 Å². The molecule has 6 rings (SSSR count). The molecule has 0 amide bonds. The second-order valence-corrected chi connectivity index (χ2v) is 39.6. The van der Waals surface area contributed by atoms with Gasteiger partial charge in [0.25, 0.3) is 0 Å². The van der Waals surface area contributed by atoms with E-state index < -0.39 is 163 Å². The molecule has 6 heterocycles. The summed E-state index contributed by atoms with van der Waals surface area (Å²) in [6, 6.07) is 0. The topological polar surface area (TPSA) is 288 Å². The number of cyclic esters (lactones) is 2. The fourth-order valence-electron chi connectivity index (χ4n) is 18.3. The smallest absolute Gasteiger partial charge is 0.311 e. The van der Waals surface area contributed by atoms with Gasteiger partial charge in [-0.25, -0.2) is 4.76 Å². The lowest BCUT2D eigenvalue weighted by Gasteiger charge is -2.50. The molecule has 6 saturated heterocycles. The summed E-state index contributed by atoms with van der Waals surface area (Å²) < 4.78 is 98.3. The molecule has 0 aliphatic carbocycles. The molecule has 0 spiro atoms. The maximum atomic E-state index is 14.4. The van der Waals surface area contributed by atoms with Crippen LogP contribution in [-0.4, -0.2) is 196 Å². The molecule has 0 radical (unpaired) electrons. The minimum absolute atomic E-state index is 0.0270. The monoisotopic (exact) mass is 1540 g/mol. The molecule has 622 valence electrons. The Morgan fingerprint density at radius 1 is 0.505 bits per heavy atom. The maximum Gasteiger partial charge on any atom is 0.311 e. The molecule has 5 N–H and O–H groups in total. The van der Waals surface area contributed by atoms with Crippen LogP contribution >= 0.6 is 7.29 Å². The number of rotatable bonds is 17. The first kappa shape index (κ1) is 94.8. The Morgan fingerprint density at radius 2 is 0.841 bits per heavy atom. The van der Waals surface area contributed by atoms with Crippen LogP contribution in [0.25, 0.3) is 0 Å². The first-order chi connectivity index (χ1) is 49.3. The normalized spacial score (nSPS) is 46.9. The fraction of sp³-hybridized carbons (Fsp3) is 0.905. The summed E-state index contributed by atoms with van der Waals surface area (Å²) in [6.07, 6.45) is -3.17. The van der Waals surface area contributed by atoms with Crippen LogP contribution in [0.4, 0.5) is 0 Å². The van der Waals surface area contributed by atoms with Gasteiger partial charge in [-0.15, -0.1) is 13.2 Å². The number of ether oxygens (including phenoxy) is 12. The number of aliphatic hydroxyl groups excluding tert-OH is 2. The minimum atomic E-state index is -3.04. The van der Waals surface area contributed by atoms with Crippen LogP contribution in [0, 0.1) is 93.7 Å². The lowest BCUT2D eigenvalue weighted by atomic mass is 9.72. The Hall–Kier alpha value is -2.77. The Kier molecular flexibility index (Phi) is 34.2. The van der Waals surface area contributed by atoms with Gasteiger partial charge in [0.05, 0.1) is 103 Å². The van der Waals surface area contributed by atoms with Crippen LogP contribution in [0.1, 0.15) is 245 Å². The number of carbonyl (C=O) groups is 2. The number of nitrogens with zero attached hydrogens (tertiary/aromatic N) is 2. The van der Waals surface area contributed by atoms with Gasteiger partial charge in [0.2, 0.25) is 0 Å². The van der Waals surface area contributed by atoms with Gasteiger partial charge in [0, 0.05) is 73.3 Å². The highest BCUT2D eigenvalue weighted by molar-refractivity contribution is 7.61. The molecule has 0 unspecified atom stereocenters. The van der Waals surface area contributed by atoms with Crippen molar-refractivity contribution in [3.05, 3.63) is 25.3 Å². The Bertz CT molecular complexity index is 2960. The summed E-state index contributed by atoms with van der Waals surface area (Å²) in [4.78, 5) is 28.7. The van der Waals surface area contributed by atoms with Gasteiger partial charge in [-0.05, 0) is 148 Å². The number of hydrogen-bond acceptors (Lipinski definition) is 21. The van der Waals surface area contributed by atoms with Gasteiger partial charge in [0.15, 0.2) is 32.5 Å². The van der Waals surface area contributed by atoms with Crippen molar-refractivity contribution in [3.8, 4) is 0 Å². The third-order valence-corrected chi connectivity index (χ3v) is 27.2. The van der Waals surface area contributed by atoms with Crippen molar-refractivity contribution in [1.29, 1.82) is 0 Å². The van der Waals surface area contributed by atoms with E-state index >= 15 is 0 Å². The van der Waals surface area contributed by atoms with Crippen molar-refractivity contribution in [1.82, 2.24) is 0 Å². The van der Waals surface area contributed by atoms with E-state index in [0.717, 1.165) is 12.8 Å². The summed E-state index contributed by atoms with van der Waals surface area (Å²) in [6.45, 7) is 67.0. The molecule has 23 heteroatoms. The summed E-state index contributed by atoms with van der Waals surface area (Å²) in [5.74, 6) is -4.98. The van der Waals surface area contributed by atoms with Gasteiger partial charge in [0.1, 0.15) is 23.4 Å². The third-order valence-electron chi connectivity index (χ3n) is 26.5. The third kappa shape index (κ3) is 23.0. The van der Waals surface area contributed by atoms with E-state index in [-0.39, 0.29) is 90.7 Å². The number of carbonyl (C=O) groups excluding carboxylic acids is 2. The zero-order valence-electron chi connectivity index (χ0n) is 71.7. The fourth-order valence-corrected chi connectivity index (χ4v) is 19.3. The van der Waals surface area contributed by atoms with Crippen molar-refractivity contribution in [2.24, 2.45) is 104 Å². The highest BCUT2D eigenvalue weighted by Crippen LogP contribution is 2.50. The van der Waals surface area contributed by atoms with Gasteiger partial charge >= 0.3 is 11.9 Å². The van der Waals surface area contributed by atoms with Crippen LogP contribution in [0.15, 0.2) is 35.2 Å². The molecule has 22 nitrogen and oxygen atoms in total. The van der Waals surface area contributed by atoms with Crippen molar-refractivity contribution in [3.63, 3.8) is 0 Å². The van der Waals surface area contributed by atoms with Crippen LogP contribution in [0.3, 0.4) is 0 Å². The molecule has 0 aromatic rings. The molecule has 0 aromatic heterocycles. The largest absolute Gasteiger partial charge is 0.459 e. The molecule has 0 aromatic carbocycles. The number of hydrogen-bond donors (Lipinski definition) is 5. The minimum Gasteiger partial charge on any atom is -0.459 e. The van der Waals surface area contributed by atoms with Crippen molar-refractivity contribution < 1.29 is 96.6 Å². The maximum absolute atomic E-state index is 14.4. The van der Waals surface area contributed by atoms with E-state index in [2.05, 4.69) is 115 Å². The molecule has 0 bridgehead atoms. The zero-order chi connectivity index (χ0) is 81.5. The SMILES string of the molecule is C=CCO[C@@]1(C)C[C@@H](C)/C(=N\O)[C@H](C)[C@@H](O)[C@](C)(O)[C@@H](CC)OC(=O)[C@H](C)[C@@H](O[C@H]2CC(C)(C)[C@@H](C)[C@H](C)O2)[C@H](C)[C@H]1O[C@@H]1O[C@H](C)C[C@H](C)[C@H]1C.C=CCO[C@@]1(C)C[C@@H](C)C(=NP(C)(C)=O)[C@H](C)[C@@H](O)[C@](C)(O)[C@@H](CC)OC(=O)[C@H](C)[C@@H](O[C@H]2CC(C)(C)[C@@H](C)[C@H](C)O2)[C@H](C)[C@H]1O[C@@H]1O[C@H](C)C[C@H](C)[C@H]1C. The summed E-state index contributed by atoms with van der Waals surface area (Å²) in [5, 5.41) is 61.5. The molecule has 6 fully saturated rings. The van der Waals surface area contributed by atoms with E-state index in [9.17, 15) is 39.8 Å². The summed E-state index contributed by atoms with van der Waals surface area (Å²) in [7, 11) is -3.04. The number of oxime groups is 1. The highest BCUT2D eigenvalue weighted by Gasteiger charge is 2.57. The molecule has 6 aliphatic heterocycles. The van der Waals surface area contributed by atoms with Crippen molar-refractivity contribution in [2.45, 2.75) is 366 Å². The second kappa shape index (κ2) is 38.6. The Balaban J connectivity index is 0.000000384. The first-order valence-electron chi connectivity index (χ1n) is 40.6. The number of esters is 2. The van der Waals surface area contributed by atoms with Gasteiger partial charge in [-0.3, -0.25) is 14.2 Å². The lowest BCUT2D eigenvalue weighted by molar-refractivity contribution is -0.304. The van der Waals surface area contributed by atoms with E-state index in [0.29, 0.717) is 43.2 Å². The van der Waals surface area contributed by atoms with Crippen molar-refractivity contribution >= 4 is 30.7 Å². The molecular formula is C84H151N2O20P. The lowest BCUT2D eigenvalue weighted by Crippen LogP contribution is -2.59. The molecule has 34 atom stereocenters. The predicted molar refractivity (Wildman–Crippen MR) is 419 cm³/mol. The van der Waals surface area contributed by atoms with Crippen LogP contribution in [0.5, 0.6) is 0 Å². The average molecular weight is 1540 g/mol. The standard InChI is InChI=1S/C43H78NO10P.C41H73NO10/c1-18-20-49-42(14)22-25(4)35(44-55(16,17)48)28(7)37(45)43(15,47)33(19-2)52-39(46)30(9)36(53-34-23-41(12,13)31(10)32(11)51-34)29(8)38(42)54-40-27(6)24(3)21-26(5)50-40;1-16-18-47-40(14)20-23(4)33(42-46)26(7)35(43)41(15,45)31(17-2)50-37(44)28(9)34(51-32-21-39(12,13)29(10)30(11)49-32)27(8)36(40)52-38-25(6)22(3)19-24(5)48-38/h18,24-34,36-38,40,45,47H,1,19-23H2,2-17H3;16,22-32,34-36,38,43,45-46H,1,17-21H2,2-15H3/b;42-33+/t24-,25+,26+,27+,28-,29-,30+,31-,32-,33+,34-,36-,37+,38+,40-,42-,43+;22-,23+,24+,25+,26-,27-,28+,29-,30-,31+,32-,34-,35+,36+,38-,40-,41+/m00/s1. The first-order valence-corrected chi connectivity index (χ1v) is 43.1. The quantitative estimate of drug-likeness (QED) is 0.0297. The Morgan fingerprint density at radius 3 is 1.15 bits per heavy atom. The van der Waals surface area contributed by atoms with E-state index in [1.807, 2.05) is 41.5 Å². The van der Waals surface area contributed by atoms with Crippen molar-refractivity contribution in [2.75, 3.05) is 26.5 Å². The van der Waals surface area contributed by atoms with E-state index in [4.69, 9.17) is 61.6 Å². The summed E-state index contributed by atoms with van der Waals surface area (Å²) in [5.41, 5.74) is -5.37. The van der Waals surface area contributed by atoms with E-state index in [1.54, 1.807) is 67.0 Å². The van der Waals surface area contributed by atoms with Crippen LogP contribution in [0.2, 0.25) is 0 Å². The highest BCUT2D eigenvalue weighted by atomic mass is 31.2. The number of aliphatic hydroxyl groups is 4. The second-order valence-electron chi connectivity index (χ2n) is 36.9. The predicted octanol–water partition coefficient (Wildman–Crippen LogP) is 15.4. The zero-order valence-corrected chi connectivity index (χ0v) is 72.6. The molecular weight excluding hydrogens is 1390 g/mol. The average Bonchev–Trinajstić information content (AvgIpc) is 0.770. The van der Waals surface area contributed by atoms with E-state index in [1.165, 1.54) is 13.8 Å². The molecule has 107 heavy (non-hydrogen) atoms. The summed E-state index contributed by atoms with van der Waals surface area (Å²) >= 11 is 0. The van der Waals surface area contributed by atoms with Crippen LogP contribution < -0.4 is 0 Å².